The first-order valence-electron chi connectivity index (χ1n) is 9.28. The molecule has 1 amide bonds. The van der Waals surface area contributed by atoms with Crippen molar-refractivity contribution in [1.29, 1.82) is 0 Å². The molecule has 0 aliphatic rings. The lowest BCUT2D eigenvalue weighted by Gasteiger charge is -2.10. The summed E-state index contributed by atoms with van der Waals surface area (Å²) in [5.41, 5.74) is 1.43. The molecule has 0 atom stereocenters. The highest BCUT2D eigenvalue weighted by molar-refractivity contribution is 6.02. The van der Waals surface area contributed by atoms with Crippen LogP contribution in [0.4, 0.5) is 10.1 Å². The molecule has 6 nitrogen and oxygen atoms in total. The minimum Gasteiger partial charge on any atom is -0.495 e. The van der Waals surface area contributed by atoms with Gasteiger partial charge in [0.2, 0.25) is 5.91 Å². The van der Waals surface area contributed by atoms with Crippen molar-refractivity contribution in [2.75, 3.05) is 19.5 Å². The Labute approximate surface area is 178 Å². The molecule has 0 saturated heterocycles. The number of para-hydroxylation sites is 2. The summed E-state index contributed by atoms with van der Waals surface area (Å²) in [5, 5.41) is 2.74. The molecule has 0 unspecified atom stereocenters. The molecule has 0 radical (unpaired) electrons. The van der Waals surface area contributed by atoms with Crippen LogP contribution in [0.1, 0.15) is 15.9 Å². The Balaban J connectivity index is 1.69. The van der Waals surface area contributed by atoms with Crippen molar-refractivity contribution in [2.45, 2.75) is 0 Å². The zero-order chi connectivity index (χ0) is 22.2. The summed E-state index contributed by atoms with van der Waals surface area (Å²) < 4.78 is 28.9. The first kappa shape index (κ1) is 21.6. The highest BCUT2D eigenvalue weighted by Crippen LogP contribution is 2.29. The van der Waals surface area contributed by atoms with Gasteiger partial charge in [0.25, 0.3) is 0 Å². The van der Waals surface area contributed by atoms with Gasteiger partial charge in [-0.05, 0) is 60.2 Å². The molecule has 0 saturated carbocycles. The van der Waals surface area contributed by atoms with Gasteiger partial charge < -0.3 is 19.5 Å². The average Bonchev–Trinajstić information content (AvgIpc) is 2.79. The third kappa shape index (κ3) is 5.70. The van der Waals surface area contributed by atoms with Gasteiger partial charge in [0.15, 0.2) is 11.5 Å². The van der Waals surface area contributed by atoms with E-state index in [0.29, 0.717) is 22.7 Å². The second-order valence-corrected chi connectivity index (χ2v) is 6.33. The number of methoxy groups -OCH3 is 2. The number of benzene rings is 3. The SMILES string of the molecule is COc1ccccc1NC(=O)/C=C/c1ccc(OC(=O)c2ccc(F)cc2)c(OC)c1. The fourth-order valence-corrected chi connectivity index (χ4v) is 2.71. The zero-order valence-corrected chi connectivity index (χ0v) is 16.9. The number of esters is 1. The molecule has 3 aromatic carbocycles. The van der Waals surface area contributed by atoms with Gasteiger partial charge >= 0.3 is 5.97 Å². The summed E-state index contributed by atoms with van der Waals surface area (Å²) in [7, 11) is 2.96. The van der Waals surface area contributed by atoms with E-state index in [-0.39, 0.29) is 17.2 Å². The average molecular weight is 421 g/mol. The standard InChI is InChI=1S/C24H20FNO5/c1-29-20-6-4-3-5-19(20)26-23(27)14-8-16-7-13-21(22(15-16)30-2)31-24(28)17-9-11-18(25)12-10-17/h3-15H,1-2H3,(H,26,27)/b14-8+. The van der Waals surface area contributed by atoms with E-state index in [1.165, 1.54) is 44.6 Å². The van der Waals surface area contributed by atoms with Crippen LogP contribution in [0.15, 0.2) is 72.8 Å². The van der Waals surface area contributed by atoms with Gasteiger partial charge in [0.05, 0.1) is 25.5 Å². The number of halogens is 1. The highest BCUT2D eigenvalue weighted by Gasteiger charge is 2.13. The van der Waals surface area contributed by atoms with Gasteiger partial charge in [0, 0.05) is 6.08 Å². The highest BCUT2D eigenvalue weighted by atomic mass is 19.1. The van der Waals surface area contributed by atoms with Crippen molar-refractivity contribution in [3.63, 3.8) is 0 Å². The lowest BCUT2D eigenvalue weighted by Crippen LogP contribution is -2.09. The van der Waals surface area contributed by atoms with E-state index in [1.54, 1.807) is 48.5 Å². The van der Waals surface area contributed by atoms with E-state index in [4.69, 9.17) is 14.2 Å². The summed E-state index contributed by atoms with van der Waals surface area (Å²) in [4.78, 5) is 24.5. The number of rotatable bonds is 7. The smallest absolute Gasteiger partial charge is 0.343 e. The molecule has 158 valence electrons. The predicted molar refractivity (Wildman–Crippen MR) is 115 cm³/mol. The van der Waals surface area contributed by atoms with Crippen molar-refractivity contribution in [1.82, 2.24) is 0 Å². The molecule has 3 rings (SSSR count). The number of amides is 1. The number of nitrogens with one attached hydrogen (secondary N) is 1. The van der Waals surface area contributed by atoms with Crippen LogP contribution >= 0.6 is 0 Å². The van der Waals surface area contributed by atoms with E-state index in [0.717, 1.165) is 0 Å². The summed E-state index contributed by atoms with van der Waals surface area (Å²) in [5.74, 6) is -0.360. The van der Waals surface area contributed by atoms with E-state index < -0.39 is 11.8 Å². The summed E-state index contributed by atoms with van der Waals surface area (Å²) in [6.45, 7) is 0. The van der Waals surface area contributed by atoms with E-state index in [9.17, 15) is 14.0 Å². The van der Waals surface area contributed by atoms with Gasteiger partial charge in [-0.3, -0.25) is 4.79 Å². The topological polar surface area (TPSA) is 73.9 Å². The summed E-state index contributed by atoms with van der Waals surface area (Å²) in [6, 6.07) is 17.0. The molecule has 0 aliphatic heterocycles. The Morgan fingerprint density at radius 2 is 1.58 bits per heavy atom. The molecule has 31 heavy (non-hydrogen) atoms. The van der Waals surface area contributed by atoms with E-state index in [2.05, 4.69) is 5.32 Å². The third-order valence-corrected chi connectivity index (χ3v) is 4.26. The predicted octanol–water partition coefficient (Wildman–Crippen LogP) is 4.71. The van der Waals surface area contributed by atoms with Gasteiger partial charge in [-0.1, -0.05) is 18.2 Å². The minimum atomic E-state index is -0.641. The summed E-state index contributed by atoms with van der Waals surface area (Å²) >= 11 is 0. The number of carbonyl (C=O) groups excluding carboxylic acids is 2. The Morgan fingerprint density at radius 3 is 2.29 bits per heavy atom. The van der Waals surface area contributed by atoms with Gasteiger partial charge in [-0.25, -0.2) is 9.18 Å². The first-order chi connectivity index (χ1) is 15.0. The number of ether oxygens (including phenoxy) is 3. The maximum Gasteiger partial charge on any atom is 0.343 e. The Morgan fingerprint density at radius 1 is 0.871 bits per heavy atom. The Hall–Kier alpha value is -4.13. The number of carbonyl (C=O) groups is 2. The fourth-order valence-electron chi connectivity index (χ4n) is 2.71. The van der Waals surface area contributed by atoms with Gasteiger partial charge in [-0.2, -0.15) is 0 Å². The largest absolute Gasteiger partial charge is 0.495 e. The third-order valence-electron chi connectivity index (χ3n) is 4.26. The molecule has 0 bridgehead atoms. The maximum atomic E-state index is 13.0. The van der Waals surface area contributed by atoms with Crippen LogP contribution in [0.5, 0.6) is 17.2 Å². The molecule has 1 N–H and O–H groups in total. The van der Waals surface area contributed by atoms with Crippen molar-refractivity contribution < 1.29 is 28.2 Å². The number of hydrogen-bond donors (Lipinski definition) is 1. The molecule has 0 spiro atoms. The maximum absolute atomic E-state index is 13.0. The van der Waals surface area contributed by atoms with E-state index in [1.807, 2.05) is 0 Å². The molecule has 0 aliphatic carbocycles. The minimum absolute atomic E-state index is 0.201. The van der Waals surface area contributed by atoms with Crippen LogP contribution in [0.2, 0.25) is 0 Å². The number of anilines is 1. The van der Waals surface area contributed by atoms with Gasteiger partial charge in [0.1, 0.15) is 11.6 Å². The lowest BCUT2D eigenvalue weighted by molar-refractivity contribution is -0.111. The fraction of sp³-hybridized carbons (Fsp3) is 0.0833. The lowest BCUT2D eigenvalue weighted by atomic mass is 10.1. The second-order valence-electron chi connectivity index (χ2n) is 6.33. The van der Waals surface area contributed by atoms with E-state index >= 15 is 0 Å². The van der Waals surface area contributed by atoms with Crippen LogP contribution in [0.25, 0.3) is 6.08 Å². The molecule has 0 aromatic heterocycles. The van der Waals surface area contributed by atoms with Crippen molar-refractivity contribution in [2.24, 2.45) is 0 Å². The normalized spacial score (nSPS) is 10.5. The first-order valence-corrected chi connectivity index (χ1v) is 9.28. The zero-order valence-electron chi connectivity index (χ0n) is 16.9. The quantitative estimate of drug-likeness (QED) is 0.340. The Kier molecular flexibility index (Phi) is 7.01. The van der Waals surface area contributed by atoms with Crippen LogP contribution in [-0.2, 0) is 4.79 Å². The van der Waals surface area contributed by atoms with Crippen LogP contribution in [0, 0.1) is 5.82 Å². The molecular formula is C24H20FNO5. The van der Waals surface area contributed by atoms with Crippen LogP contribution in [-0.4, -0.2) is 26.1 Å². The molecule has 0 fully saturated rings. The molecule has 0 heterocycles. The molecular weight excluding hydrogens is 401 g/mol. The summed E-state index contributed by atoms with van der Waals surface area (Å²) in [6.07, 6.45) is 2.96. The van der Waals surface area contributed by atoms with Gasteiger partial charge in [-0.15, -0.1) is 0 Å². The monoisotopic (exact) mass is 421 g/mol. The van der Waals surface area contributed by atoms with Crippen LogP contribution in [0.3, 0.4) is 0 Å². The van der Waals surface area contributed by atoms with Crippen LogP contribution < -0.4 is 19.5 Å². The van der Waals surface area contributed by atoms with Crippen molar-refractivity contribution in [3.05, 3.63) is 89.8 Å². The second kappa shape index (κ2) is 10.1. The van der Waals surface area contributed by atoms with Crippen molar-refractivity contribution >= 4 is 23.6 Å². The molecule has 7 heteroatoms. The Bertz CT molecular complexity index is 1110. The van der Waals surface area contributed by atoms with Crippen molar-refractivity contribution in [3.8, 4) is 17.2 Å². The number of hydrogen-bond acceptors (Lipinski definition) is 5. The molecule has 3 aromatic rings.